The van der Waals surface area contributed by atoms with Crippen LogP contribution < -0.4 is 25.7 Å². The number of hydrogen-bond donors (Lipinski definition) is 2. The fourth-order valence-corrected chi connectivity index (χ4v) is 3.21. The third-order valence-corrected chi connectivity index (χ3v) is 4.81. The molecule has 0 aliphatic carbocycles. The minimum absolute atomic E-state index is 0.188. The lowest BCUT2D eigenvalue weighted by molar-refractivity contribution is -0.121. The fraction of sp³-hybridized carbons (Fsp3) is 0.261. The van der Waals surface area contributed by atoms with Gasteiger partial charge in [0, 0.05) is 29.6 Å². The van der Waals surface area contributed by atoms with E-state index in [0.29, 0.717) is 28.4 Å². The number of halogens is 1. The number of nitrogens with one attached hydrogen (secondary N) is 2. The van der Waals surface area contributed by atoms with Gasteiger partial charge in [-0.25, -0.2) is 9.37 Å². The number of amides is 1. The van der Waals surface area contributed by atoms with Crippen molar-refractivity contribution in [3.05, 3.63) is 75.5 Å². The van der Waals surface area contributed by atoms with Crippen molar-refractivity contribution in [2.45, 2.75) is 26.9 Å². The van der Waals surface area contributed by atoms with E-state index in [1.54, 1.807) is 32.0 Å². The van der Waals surface area contributed by atoms with Crippen molar-refractivity contribution in [3.63, 3.8) is 0 Å². The summed E-state index contributed by atoms with van der Waals surface area (Å²) in [6, 6.07) is 11.2. The van der Waals surface area contributed by atoms with E-state index in [2.05, 4.69) is 15.6 Å². The van der Waals surface area contributed by atoms with Gasteiger partial charge in [0.05, 0.1) is 14.2 Å². The third-order valence-electron chi connectivity index (χ3n) is 4.81. The number of anilines is 2. The number of aromatic nitrogens is 2. The van der Waals surface area contributed by atoms with Crippen LogP contribution in [0.1, 0.15) is 16.8 Å². The van der Waals surface area contributed by atoms with Crippen LogP contribution in [0, 0.1) is 19.7 Å². The Kier molecular flexibility index (Phi) is 7.09. The molecule has 0 radical (unpaired) electrons. The number of hydrogen-bond acceptors (Lipinski definition) is 6. The molecule has 32 heavy (non-hydrogen) atoms. The number of carbonyl (C=O) groups is 1. The van der Waals surface area contributed by atoms with Crippen LogP contribution in [0.15, 0.2) is 47.3 Å². The minimum Gasteiger partial charge on any atom is -0.493 e. The molecule has 0 fully saturated rings. The lowest BCUT2D eigenvalue weighted by atomic mass is 10.2. The van der Waals surface area contributed by atoms with E-state index in [1.807, 2.05) is 6.07 Å². The molecule has 0 bridgehead atoms. The van der Waals surface area contributed by atoms with E-state index in [-0.39, 0.29) is 36.3 Å². The highest BCUT2D eigenvalue weighted by molar-refractivity contribution is 5.76. The molecule has 0 aliphatic rings. The van der Waals surface area contributed by atoms with Gasteiger partial charge in [-0.3, -0.25) is 14.2 Å². The number of ether oxygens (including phenoxy) is 2. The number of methoxy groups -OCH3 is 2. The summed E-state index contributed by atoms with van der Waals surface area (Å²) in [6.07, 6.45) is 0. The number of aryl methyl sites for hydroxylation is 2. The first-order chi connectivity index (χ1) is 15.3. The molecule has 0 spiro atoms. The van der Waals surface area contributed by atoms with Gasteiger partial charge in [0.25, 0.3) is 5.56 Å². The van der Waals surface area contributed by atoms with Gasteiger partial charge in [-0.05, 0) is 43.7 Å². The summed E-state index contributed by atoms with van der Waals surface area (Å²) in [4.78, 5) is 29.5. The van der Waals surface area contributed by atoms with Crippen LogP contribution in [-0.4, -0.2) is 29.7 Å². The molecule has 2 aromatic carbocycles. The van der Waals surface area contributed by atoms with Gasteiger partial charge in [0.2, 0.25) is 11.9 Å². The Morgan fingerprint density at radius 1 is 1.12 bits per heavy atom. The average molecular weight is 440 g/mol. The first-order valence-electron chi connectivity index (χ1n) is 9.90. The molecular formula is C23H25FN4O4. The smallest absolute Gasteiger partial charge is 0.255 e. The molecule has 8 nitrogen and oxygen atoms in total. The van der Waals surface area contributed by atoms with Gasteiger partial charge in [-0.15, -0.1) is 0 Å². The van der Waals surface area contributed by atoms with E-state index in [4.69, 9.17) is 9.47 Å². The van der Waals surface area contributed by atoms with E-state index in [9.17, 15) is 14.0 Å². The number of carbonyl (C=O) groups excluding carboxylic acids is 1. The van der Waals surface area contributed by atoms with Crippen LogP contribution in [0.2, 0.25) is 0 Å². The average Bonchev–Trinajstić information content (AvgIpc) is 2.76. The maximum Gasteiger partial charge on any atom is 0.255 e. The Morgan fingerprint density at radius 2 is 1.91 bits per heavy atom. The number of para-hydroxylation sites is 1. The lowest BCUT2D eigenvalue weighted by Gasteiger charge is -2.16. The molecule has 0 unspecified atom stereocenters. The molecule has 1 amide bonds. The molecular weight excluding hydrogens is 415 g/mol. The van der Waals surface area contributed by atoms with Gasteiger partial charge in [0.1, 0.15) is 12.4 Å². The number of benzene rings is 2. The van der Waals surface area contributed by atoms with Crippen molar-refractivity contribution in [3.8, 4) is 11.5 Å². The normalized spacial score (nSPS) is 10.5. The summed E-state index contributed by atoms with van der Waals surface area (Å²) >= 11 is 0. The van der Waals surface area contributed by atoms with E-state index in [1.165, 1.54) is 37.0 Å². The minimum atomic E-state index is -0.388. The fourth-order valence-electron chi connectivity index (χ4n) is 3.21. The quantitative estimate of drug-likeness (QED) is 0.559. The third kappa shape index (κ3) is 5.23. The van der Waals surface area contributed by atoms with E-state index in [0.717, 1.165) is 5.56 Å². The zero-order valence-electron chi connectivity index (χ0n) is 18.4. The molecule has 0 saturated carbocycles. The van der Waals surface area contributed by atoms with Crippen LogP contribution >= 0.6 is 0 Å². The van der Waals surface area contributed by atoms with Gasteiger partial charge in [-0.2, -0.15) is 0 Å². The summed E-state index contributed by atoms with van der Waals surface area (Å²) in [5.41, 5.74) is 1.84. The second-order valence-corrected chi connectivity index (χ2v) is 7.16. The standard InChI is InChI=1S/C23H25FN4O4/c1-14-10-17(8-9-18(14)24)27-23-26-15(2)11-21(30)28(23)13-20(29)25-12-16-6-5-7-19(31-3)22(16)32-4/h5-11H,12-13H2,1-4H3,(H,25,29)(H,26,27). The molecule has 9 heteroatoms. The van der Waals surface area contributed by atoms with Crippen LogP contribution in [-0.2, 0) is 17.9 Å². The Bertz CT molecular complexity index is 1190. The maximum atomic E-state index is 13.6. The van der Waals surface area contributed by atoms with Crippen molar-refractivity contribution in [2.75, 3.05) is 19.5 Å². The van der Waals surface area contributed by atoms with Crippen molar-refractivity contribution in [2.24, 2.45) is 0 Å². The summed E-state index contributed by atoms with van der Waals surface area (Å²) in [6.45, 7) is 3.26. The summed E-state index contributed by atoms with van der Waals surface area (Å²) < 4.78 is 25.4. The lowest BCUT2D eigenvalue weighted by Crippen LogP contribution is -2.33. The molecule has 0 saturated heterocycles. The topological polar surface area (TPSA) is 94.5 Å². The predicted molar refractivity (Wildman–Crippen MR) is 119 cm³/mol. The second-order valence-electron chi connectivity index (χ2n) is 7.16. The SMILES string of the molecule is COc1cccc(CNC(=O)Cn2c(Nc3ccc(F)c(C)c3)nc(C)cc2=O)c1OC. The predicted octanol–water partition coefficient (Wildman–Crippen LogP) is 3.08. The summed E-state index contributed by atoms with van der Waals surface area (Å²) in [7, 11) is 3.06. The largest absolute Gasteiger partial charge is 0.493 e. The Hall–Kier alpha value is -3.88. The number of rotatable bonds is 8. The number of nitrogens with zero attached hydrogens (tertiary/aromatic N) is 2. The molecule has 1 heterocycles. The monoisotopic (exact) mass is 440 g/mol. The highest BCUT2D eigenvalue weighted by Gasteiger charge is 2.14. The zero-order chi connectivity index (χ0) is 23.3. The van der Waals surface area contributed by atoms with Gasteiger partial charge < -0.3 is 20.1 Å². The molecule has 2 N–H and O–H groups in total. The molecule has 1 aromatic heterocycles. The molecule has 0 aliphatic heterocycles. The highest BCUT2D eigenvalue weighted by atomic mass is 19.1. The van der Waals surface area contributed by atoms with Crippen molar-refractivity contribution in [1.82, 2.24) is 14.9 Å². The Labute approximate surface area is 185 Å². The second kappa shape index (κ2) is 9.95. The highest BCUT2D eigenvalue weighted by Crippen LogP contribution is 2.30. The van der Waals surface area contributed by atoms with Crippen molar-refractivity contribution >= 4 is 17.5 Å². The molecule has 3 rings (SSSR count). The molecule has 168 valence electrons. The first kappa shape index (κ1) is 22.8. The Balaban J connectivity index is 1.79. The summed E-state index contributed by atoms with van der Waals surface area (Å²) in [5, 5.41) is 5.79. The van der Waals surface area contributed by atoms with Crippen LogP contribution in [0.25, 0.3) is 0 Å². The van der Waals surface area contributed by atoms with E-state index >= 15 is 0 Å². The zero-order valence-corrected chi connectivity index (χ0v) is 18.4. The van der Waals surface area contributed by atoms with E-state index < -0.39 is 0 Å². The van der Waals surface area contributed by atoms with Crippen LogP contribution in [0.3, 0.4) is 0 Å². The maximum absolute atomic E-state index is 13.6. The molecule has 0 atom stereocenters. The van der Waals surface area contributed by atoms with Gasteiger partial charge in [-0.1, -0.05) is 12.1 Å². The van der Waals surface area contributed by atoms with Crippen LogP contribution in [0.4, 0.5) is 16.0 Å². The van der Waals surface area contributed by atoms with Crippen LogP contribution in [0.5, 0.6) is 11.5 Å². The van der Waals surface area contributed by atoms with Crippen molar-refractivity contribution in [1.29, 1.82) is 0 Å². The van der Waals surface area contributed by atoms with Gasteiger partial charge in [0.15, 0.2) is 11.5 Å². The Morgan fingerprint density at radius 3 is 2.59 bits per heavy atom. The first-order valence-corrected chi connectivity index (χ1v) is 9.90. The van der Waals surface area contributed by atoms with Crippen molar-refractivity contribution < 1.29 is 18.7 Å². The molecule has 3 aromatic rings. The van der Waals surface area contributed by atoms with Gasteiger partial charge >= 0.3 is 0 Å². The summed E-state index contributed by atoms with van der Waals surface area (Å²) in [5.74, 6) is 0.548.